The molecular weight excluding hydrogens is 204 g/mol. The lowest BCUT2D eigenvalue weighted by Crippen LogP contribution is -2.36. The summed E-state index contributed by atoms with van der Waals surface area (Å²) in [5.74, 6) is 0.202. The molecule has 1 unspecified atom stereocenters. The molecule has 94 valence electrons. The van der Waals surface area contributed by atoms with Crippen molar-refractivity contribution in [1.82, 2.24) is 0 Å². The Bertz CT molecular complexity index is 193. The van der Waals surface area contributed by atoms with Gasteiger partial charge in [0.1, 0.15) is 0 Å². The van der Waals surface area contributed by atoms with Crippen molar-refractivity contribution in [2.24, 2.45) is 5.92 Å². The van der Waals surface area contributed by atoms with Gasteiger partial charge in [-0.3, -0.25) is 0 Å². The molecule has 1 saturated heterocycles. The van der Waals surface area contributed by atoms with Gasteiger partial charge < -0.3 is 4.74 Å². The van der Waals surface area contributed by atoms with Crippen molar-refractivity contribution in [2.45, 2.75) is 64.1 Å². The Kier molecular flexibility index (Phi) is 4.62. The van der Waals surface area contributed by atoms with Crippen molar-refractivity contribution in [3.05, 3.63) is 0 Å². The van der Waals surface area contributed by atoms with E-state index in [1.54, 1.807) is 0 Å². The fourth-order valence-electron chi connectivity index (χ4n) is 2.58. The van der Waals surface area contributed by atoms with Crippen LogP contribution >= 0.6 is 0 Å². The summed E-state index contributed by atoms with van der Waals surface area (Å²) in [5.41, 5.74) is 0. The van der Waals surface area contributed by atoms with E-state index in [-0.39, 0.29) is 0 Å². The molecule has 1 aliphatic carbocycles. The summed E-state index contributed by atoms with van der Waals surface area (Å²) >= 11 is 0. The van der Waals surface area contributed by atoms with Crippen LogP contribution in [0.2, 0.25) is 0 Å². The summed E-state index contributed by atoms with van der Waals surface area (Å²) in [4.78, 5) is 10.8. The molecule has 3 nitrogen and oxygen atoms in total. The lowest BCUT2D eigenvalue weighted by molar-refractivity contribution is -0.433. The quantitative estimate of drug-likeness (QED) is 0.545. The van der Waals surface area contributed by atoms with Gasteiger partial charge in [0.15, 0.2) is 5.79 Å². The maximum absolute atomic E-state index is 5.61. The lowest BCUT2D eigenvalue weighted by atomic mass is 9.90. The normalized spacial score (nSPS) is 32.8. The molecule has 0 amide bonds. The molecule has 3 heteroatoms. The van der Waals surface area contributed by atoms with Gasteiger partial charge in [-0.15, -0.1) is 0 Å². The van der Waals surface area contributed by atoms with E-state index < -0.39 is 5.79 Å². The molecule has 0 N–H and O–H groups in total. The summed E-state index contributed by atoms with van der Waals surface area (Å²) in [6.07, 6.45) is 9.92. The summed E-state index contributed by atoms with van der Waals surface area (Å²) in [5, 5.41) is 0. The van der Waals surface area contributed by atoms with Gasteiger partial charge >= 0.3 is 0 Å². The van der Waals surface area contributed by atoms with Gasteiger partial charge in [-0.25, -0.2) is 9.78 Å². The zero-order valence-electron chi connectivity index (χ0n) is 10.4. The minimum Gasteiger partial charge on any atom is -0.348 e. The van der Waals surface area contributed by atoms with Gasteiger partial charge in [0.05, 0.1) is 13.2 Å². The second-order valence-electron chi connectivity index (χ2n) is 5.31. The molecule has 1 atom stereocenters. The van der Waals surface area contributed by atoms with E-state index in [9.17, 15) is 0 Å². The molecule has 0 aromatic heterocycles. The first-order valence-corrected chi connectivity index (χ1v) is 6.73. The highest BCUT2D eigenvalue weighted by molar-refractivity contribution is 4.67. The van der Waals surface area contributed by atoms with Crippen LogP contribution in [0.3, 0.4) is 0 Å². The predicted octanol–water partition coefficient (Wildman–Crippen LogP) is 3.43. The smallest absolute Gasteiger partial charge is 0.198 e. The van der Waals surface area contributed by atoms with E-state index in [2.05, 4.69) is 0 Å². The molecule has 1 saturated carbocycles. The van der Waals surface area contributed by atoms with E-state index in [1.807, 2.05) is 6.92 Å². The van der Waals surface area contributed by atoms with E-state index in [1.165, 1.54) is 38.5 Å². The summed E-state index contributed by atoms with van der Waals surface area (Å²) in [7, 11) is 0. The molecule has 1 aliphatic heterocycles. The molecule has 0 aromatic rings. The van der Waals surface area contributed by atoms with E-state index in [0.29, 0.717) is 5.92 Å². The van der Waals surface area contributed by atoms with Crippen molar-refractivity contribution >= 4 is 0 Å². The molecule has 1 heterocycles. The maximum Gasteiger partial charge on any atom is 0.198 e. The van der Waals surface area contributed by atoms with Gasteiger partial charge in [-0.05, 0) is 38.5 Å². The third kappa shape index (κ3) is 3.72. The molecule has 0 aromatic carbocycles. The van der Waals surface area contributed by atoms with Gasteiger partial charge in [0.25, 0.3) is 0 Å². The van der Waals surface area contributed by atoms with Crippen LogP contribution in [0.4, 0.5) is 0 Å². The van der Waals surface area contributed by atoms with Gasteiger partial charge in [-0.2, -0.15) is 0 Å². The molecular formula is C13H24O3. The summed E-state index contributed by atoms with van der Waals surface area (Å²) in [6, 6.07) is 0. The average molecular weight is 228 g/mol. The second kappa shape index (κ2) is 5.99. The maximum atomic E-state index is 5.61. The van der Waals surface area contributed by atoms with Crippen LogP contribution in [0.25, 0.3) is 0 Å². The van der Waals surface area contributed by atoms with Crippen molar-refractivity contribution < 1.29 is 14.5 Å². The molecule has 2 rings (SSSR count). The van der Waals surface area contributed by atoms with Crippen molar-refractivity contribution in [3.63, 3.8) is 0 Å². The minimum atomic E-state index is -0.493. The van der Waals surface area contributed by atoms with Crippen LogP contribution in [0.1, 0.15) is 58.3 Å². The zero-order chi connectivity index (χ0) is 11.3. The van der Waals surface area contributed by atoms with Crippen molar-refractivity contribution in [2.75, 3.05) is 13.2 Å². The van der Waals surface area contributed by atoms with Crippen LogP contribution < -0.4 is 0 Å². The molecule has 16 heavy (non-hydrogen) atoms. The third-order valence-corrected chi connectivity index (χ3v) is 3.70. The number of hydrogen-bond acceptors (Lipinski definition) is 3. The highest BCUT2D eigenvalue weighted by atomic mass is 17.2. The van der Waals surface area contributed by atoms with Gasteiger partial charge in [0, 0.05) is 6.42 Å². The van der Waals surface area contributed by atoms with Gasteiger partial charge in [-0.1, -0.05) is 19.3 Å². The second-order valence-corrected chi connectivity index (χ2v) is 5.31. The zero-order valence-corrected chi connectivity index (χ0v) is 10.4. The summed E-state index contributed by atoms with van der Waals surface area (Å²) < 4.78 is 5.61. The van der Waals surface area contributed by atoms with Crippen LogP contribution in [0, 0.1) is 5.92 Å². The minimum absolute atomic E-state index is 0.493. The van der Waals surface area contributed by atoms with Crippen LogP contribution in [0.5, 0.6) is 0 Å². The molecule has 2 fully saturated rings. The largest absolute Gasteiger partial charge is 0.348 e. The Morgan fingerprint density at radius 2 is 1.94 bits per heavy atom. The lowest BCUT2D eigenvalue weighted by Gasteiger charge is -2.32. The van der Waals surface area contributed by atoms with Crippen molar-refractivity contribution in [3.8, 4) is 0 Å². The highest BCUT2D eigenvalue weighted by Gasteiger charge is 2.30. The number of rotatable bonds is 4. The highest BCUT2D eigenvalue weighted by Crippen LogP contribution is 2.28. The average Bonchev–Trinajstić information content (AvgIpc) is 2.31. The standard InChI is InChI=1S/C13H24O3/c1-13(9-5-6-10-14-13)16-15-11-12-7-3-2-4-8-12/h12H,2-11H2,1H3. The Morgan fingerprint density at radius 1 is 1.12 bits per heavy atom. The topological polar surface area (TPSA) is 27.7 Å². The van der Waals surface area contributed by atoms with E-state index in [4.69, 9.17) is 14.5 Å². The molecule has 0 bridgehead atoms. The SMILES string of the molecule is CC1(OOCC2CCCCC2)CCCCO1. The van der Waals surface area contributed by atoms with Crippen LogP contribution in [-0.4, -0.2) is 19.0 Å². The molecule has 2 aliphatic rings. The first-order valence-electron chi connectivity index (χ1n) is 6.73. The molecule has 0 radical (unpaired) electrons. The Labute approximate surface area is 98.4 Å². The fraction of sp³-hybridized carbons (Fsp3) is 1.00. The first-order chi connectivity index (χ1) is 7.79. The third-order valence-electron chi connectivity index (χ3n) is 3.70. The Hall–Kier alpha value is -0.120. The number of ether oxygens (including phenoxy) is 1. The fourth-order valence-corrected chi connectivity index (χ4v) is 2.58. The van der Waals surface area contributed by atoms with Crippen molar-refractivity contribution in [1.29, 1.82) is 0 Å². The Morgan fingerprint density at radius 3 is 2.62 bits per heavy atom. The summed E-state index contributed by atoms with van der Waals surface area (Å²) in [6.45, 7) is 3.51. The van der Waals surface area contributed by atoms with Crippen LogP contribution in [0.15, 0.2) is 0 Å². The monoisotopic (exact) mass is 228 g/mol. The number of hydrogen-bond donors (Lipinski definition) is 0. The molecule has 0 spiro atoms. The van der Waals surface area contributed by atoms with Crippen LogP contribution in [-0.2, 0) is 14.5 Å². The van der Waals surface area contributed by atoms with Gasteiger partial charge in [0.2, 0.25) is 0 Å². The van der Waals surface area contributed by atoms with E-state index in [0.717, 1.165) is 26.1 Å². The predicted molar refractivity (Wildman–Crippen MR) is 61.8 cm³/mol. The van der Waals surface area contributed by atoms with E-state index >= 15 is 0 Å². The Balaban J connectivity index is 1.62. The first kappa shape index (κ1) is 12.3.